The van der Waals surface area contributed by atoms with Crippen LogP contribution in [0, 0.1) is 0 Å². The molecule has 11 heavy (non-hydrogen) atoms. The van der Waals surface area contributed by atoms with Crippen molar-refractivity contribution in [1.82, 2.24) is 0 Å². The average molecular weight is 175 g/mol. The number of hydrogen-bond donors (Lipinski definition) is 0. The minimum atomic E-state index is -0.549. The van der Waals surface area contributed by atoms with Gasteiger partial charge in [0.1, 0.15) is 0 Å². The van der Waals surface area contributed by atoms with Gasteiger partial charge in [0.25, 0.3) is 0 Å². The number of rotatable bonds is 5. The molecule has 0 saturated carbocycles. The first-order valence-electron chi connectivity index (χ1n) is 3.13. The van der Waals surface area contributed by atoms with E-state index >= 15 is 0 Å². The third-order valence-electron chi connectivity index (χ3n) is 0.903. The van der Waals surface area contributed by atoms with Crippen LogP contribution in [0.15, 0.2) is 24.3 Å². The molecule has 0 saturated heterocycles. The van der Waals surface area contributed by atoms with Crippen LogP contribution in [-0.4, -0.2) is 18.5 Å². The third-order valence-corrected chi connectivity index (χ3v) is 1.17. The summed E-state index contributed by atoms with van der Waals surface area (Å²) in [5.74, 6) is 0. The molecular weight excluding hydrogens is 164 g/mol. The topological polar surface area (TPSA) is 26.3 Å². The summed E-state index contributed by atoms with van der Waals surface area (Å²) >= 11 is 5.10. The molecule has 0 aliphatic rings. The average Bonchev–Trinajstić information content (AvgIpc) is 1.86. The Morgan fingerprint density at radius 3 is 2.36 bits per heavy atom. The SMILES string of the molecule is C=C(C)COCC(=C)C(=O)Cl. The molecule has 0 aliphatic heterocycles. The van der Waals surface area contributed by atoms with Crippen molar-refractivity contribution in [2.45, 2.75) is 6.92 Å². The molecule has 0 fully saturated rings. The maximum atomic E-state index is 10.4. The van der Waals surface area contributed by atoms with E-state index in [0.29, 0.717) is 6.61 Å². The van der Waals surface area contributed by atoms with Gasteiger partial charge in [-0.2, -0.15) is 0 Å². The molecule has 0 aliphatic carbocycles. The minimum Gasteiger partial charge on any atom is -0.372 e. The summed E-state index contributed by atoms with van der Waals surface area (Å²) < 4.78 is 5.01. The molecule has 0 atom stereocenters. The van der Waals surface area contributed by atoms with Gasteiger partial charge in [-0.15, -0.1) is 0 Å². The molecule has 0 unspecified atom stereocenters. The lowest BCUT2D eigenvalue weighted by molar-refractivity contribution is -0.109. The Kier molecular flexibility index (Phi) is 4.83. The van der Waals surface area contributed by atoms with E-state index in [4.69, 9.17) is 16.3 Å². The molecular formula is C8H11ClO2. The number of carbonyl (C=O) groups excluding carboxylic acids is 1. The summed E-state index contributed by atoms with van der Waals surface area (Å²) in [6, 6.07) is 0. The first kappa shape index (κ1) is 10.4. The molecule has 62 valence electrons. The molecule has 0 radical (unpaired) electrons. The Labute approximate surface area is 71.5 Å². The van der Waals surface area contributed by atoms with Crippen LogP contribution in [-0.2, 0) is 9.53 Å². The molecule has 0 rings (SSSR count). The summed E-state index contributed by atoms with van der Waals surface area (Å²) in [7, 11) is 0. The second-order valence-electron chi connectivity index (χ2n) is 2.33. The lowest BCUT2D eigenvalue weighted by atomic mass is 10.3. The van der Waals surface area contributed by atoms with E-state index in [-0.39, 0.29) is 12.2 Å². The van der Waals surface area contributed by atoms with Crippen LogP contribution in [0.3, 0.4) is 0 Å². The van der Waals surface area contributed by atoms with Crippen molar-refractivity contribution in [3.05, 3.63) is 24.3 Å². The predicted molar refractivity (Wildman–Crippen MR) is 45.6 cm³/mol. The summed E-state index contributed by atoms with van der Waals surface area (Å²) in [6.45, 7) is 9.49. The van der Waals surface area contributed by atoms with Crippen LogP contribution < -0.4 is 0 Å². The predicted octanol–water partition coefficient (Wildman–Crippen LogP) is 1.90. The molecule has 2 nitrogen and oxygen atoms in total. The van der Waals surface area contributed by atoms with Crippen molar-refractivity contribution in [2.75, 3.05) is 13.2 Å². The fourth-order valence-electron chi connectivity index (χ4n) is 0.405. The third kappa shape index (κ3) is 5.83. The van der Waals surface area contributed by atoms with Gasteiger partial charge in [-0.1, -0.05) is 18.7 Å². The molecule has 0 heterocycles. The maximum Gasteiger partial charge on any atom is 0.250 e. The van der Waals surface area contributed by atoms with Gasteiger partial charge in [-0.05, 0) is 18.5 Å². The van der Waals surface area contributed by atoms with Gasteiger partial charge < -0.3 is 4.74 Å². The number of ether oxygens (including phenoxy) is 1. The Bertz CT molecular complexity index is 185. The van der Waals surface area contributed by atoms with Gasteiger partial charge in [0.05, 0.1) is 13.2 Å². The highest BCUT2D eigenvalue weighted by molar-refractivity contribution is 6.67. The summed E-state index contributed by atoms with van der Waals surface area (Å²) in [6.07, 6.45) is 0. The van der Waals surface area contributed by atoms with Crippen molar-refractivity contribution in [1.29, 1.82) is 0 Å². The van der Waals surface area contributed by atoms with E-state index < -0.39 is 5.24 Å². The van der Waals surface area contributed by atoms with Crippen LogP contribution >= 0.6 is 11.6 Å². The standard InChI is InChI=1S/C8H11ClO2/c1-6(2)4-11-5-7(3)8(9)10/h1,3-5H2,2H3. The van der Waals surface area contributed by atoms with Crippen LogP contribution in [0.5, 0.6) is 0 Å². The van der Waals surface area contributed by atoms with Crippen molar-refractivity contribution in [3.8, 4) is 0 Å². The van der Waals surface area contributed by atoms with E-state index in [1.807, 2.05) is 6.92 Å². The van der Waals surface area contributed by atoms with E-state index in [2.05, 4.69) is 13.2 Å². The van der Waals surface area contributed by atoms with E-state index in [9.17, 15) is 4.79 Å². The smallest absolute Gasteiger partial charge is 0.250 e. The zero-order valence-corrected chi connectivity index (χ0v) is 7.28. The second kappa shape index (κ2) is 5.10. The van der Waals surface area contributed by atoms with Gasteiger partial charge in [-0.25, -0.2) is 0 Å². The lowest BCUT2D eigenvalue weighted by Gasteiger charge is -2.01. The highest BCUT2D eigenvalue weighted by Gasteiger charge is 2.01. The van der Waals surface area contributed by atoms with Crippen LogP contribution in [0.4, 0.5) is 0 Å². The highest BCUT2D eigenvalue weighted by Crippen LogP contribution is 1.98. The first-order valence-corrected chi connectivity index (χ1v) is 3.51. The maximum absolute atomic E-state index is 10.4. The molecule has 0 amide bonds. The van der Waals surface area contributed by atoms with Gasteiger partial charge in [0, 0.05) is 5.57 Å². The van der Waals surface area contributed by atoms with Gasteiger partial charge in [0.2, 0.25) is 5.24 Å². The van der Waals surface area contributed by atoms with Gasteiger partial charge in [0.15, 0.2) is 0 Å². The van der Waals surface area contributed by atoms with Crippen molar-refractivity contribution in [3.63, 3.8) is 0 Å². The van der Waals surface area contributed by atoms with E-state index in [1.165, 1.54) is 0 Å². The van der Waals surface area contributed by atoms with Crippen molar-refractivity contribution < 1.29 is 9.53 Å². The molecule has 0 aromatic heterocycles. The second-order valence-corrected chi connectivity index (χ2v) is 2.67. The van der Waals surface area contributed by atoms with Gasteiger partial charge in [-0.3, -0.25) is 4.79 Å². The van der Waals surface area contributed by atoms with Crippen LogP contribution in [0.1, 0.15) is 6.92 Å². The molecule has 0 bridgehead atoms. The van der Waals surface area contributed by atoms with E-state index in [0.717, 1.165) is 5.57 Å². The zero-order valence-electron chi connectivity index (χ0n) is 6.52. The Hall–Kier alpha value is -0.600. The fraction of sp³-hybridized carbons (Fsp3) is 0.375. The van der Waals surface area contributed by atoms with E-state index in [1.54, 1.807) is 0 Å². The molecule has 0 spiro atoms. The van der Waals surface area contributed by atoms with Gasteiger partial charge >= 0.3 is 0 Å². The summed E-state index contributed by atoms with van der Waals surface area (Å²) in [5.41, 5.74) is 1.17. The summed E-state index contributed by atoms with van der Waals surface area (Å²) in [4.78, 5) is 10.4. The largest absolute Gasteiger partial charge is 0.372 e. The molecule has 0 aromatic carbocycles. The number of halogens is 1. The minimum absolute atomic E-state index is 0.176. The lowest BCUT2D eigenvalue weighted by Crippen LogP contribution is -2.03. The monoisotopic (exact) mass is 174 g/mol. The first-order chi connectivity index (χ1) is 5.04. The molecule has 0 N–H and O–H groups in total. The van der Waals surface area contributed by atoms with Crippen molar-refractivity contribution in [2.24, 2.45) is 0 Å². The summed E-state index contributed by atoms with van der Waals surface area (Å²) in [5, 5.41) is -0.549. The highest BCUT2D eigenvalue weighted by atomic mass is 35.5. The quantitative estimate of drug-likeness (QED) is 0.362. The Balaban J connectivity index is 3.47. The molecule has 3 heteroatoms. The number of carbonyl (C=O) groups is 1. The zero-order chi connectivity index (χ0) is 8.85. The Morgan fingerprint density at radius 1 is 1.45 bits per heavy atom. The van der Waals surface area contributed by atoms with Crippen LogP contribution in [0.25, 0.3) is 0 Å². The fourth-order valence-corrected chi connectivity index (χ4v) is 0.460. The van der Waals surface area contributed by atoms with Crippen molar-refractivity contribution >= 4 is 16.8 Å². The number of hydrogen-bond acceptors (Lipinski definition) is 2. The van der Waals surface area contributed by atoms with Crippen LogP contribution in [0.2, 0.25) is 0 Å². The molecule has 0 aromatic rings. The Morgan fingerprint density at radius 2 is 2.00 bits per heavy atom. The normalized spacial score (nSPS) is 9.27.